The van der Waals surface area contributed by atoms with Crippen molar-refractivity contribution in [2.24, 2.45) is 4.99 Å². The molecule has 1 N–H and O–H groups in total. The van der Waals surface area contributed by atoms with Crippen LogP contribution in [-0.2, 0) is 12.7 Å². The van der Waals surface area contributed by atoms with E-state index in [2.05, 4.69) is 27.0 Å². The van der Waals surface area contributed by atoms with Crippen LogP contribution in [-0.4, -0.2) is 39.1 Å². The number of aromatic amines is 1. The van der Waals surface area contributed by atoms with Crippen LogP contribution in [0.2, 0.25) is 10.0 Å². The SMILES string of the molecule is C=N/C(=C\N(C)Cc1cccc(Cl)c1Cl)c1cc(-c2nn[nH]c2C(F)(F)F)ccn1. The quantitative estimate of drug-likeness (QED) is 0.511. The Morgan fingerprint density at radius 2 is 2.07 bits per heavy atom. The van der Waals surface area contributed by atoms with E-state index in [4.69, 9.17) is 23.2 Å². The molecule has 2 heterocycles. The minimum Gasteiger partial charge on any atom is -0.374 e. The highest BCUT2D eigenvalue weighted by Gasteiger charge is 2.37. The lowest BCUT2D eigenvalue weighted by Gasteiger charge is -2.17. The normalized spacial score (nSPS) is 12.1. The number of benzene rings is 1. The van der Waals surface area contributed by atoms with Crippen molar-refractivity contribution in [3.8, 4) is 11.3 Å². The number of H-pyrrole nitrogens is 1. The summed E-state index contributed by atoms with van der Waals surface area (Å²) < 4.78 is 39.4. The first-order valence-electron chi connectivity index (χ1n) is 8.47. The topological polar surface area (TPSA) is 70.1 Å². The predicted molar refractivity (Wildman–Crippen MR) is 110 cm³/mol. The minimum atomic E-state index is -4.62. The summed E-state index contributed by atoms with van der Waals surface area (Å²) in [5, 5.41) is 9.60. The van der Waals surface area contributed by atoms with Crippen LogP contribution in [0, 0.1) is 0 Å². The molecule has 0 saturated carbocycles. The average molecular weight is 455 g/mol. The van der Waals surface area contributed by atoms with Crippen molar-refractivity contribution in [3.05, 3.63) is 69.7 Å². The monoisotopic (exact) mass is 454 g/mol. The third-order valence-electron chi connectivity index (χ3n) is 4.09. The minimum absolute atomic E-state index is 0.191. The maximum Gasteiger partial charge on any atom is 0.435 e. The largest absolute Gasteiger partial charge is 0.435 e. The Morgan fingerprint density at radius 1 is 1.30 bits per heavy atom. The first-order valence-corrected chi connectivity index (χ1v) is 9.23. The number of hydrogen-bond acceptors (Lipinski definition) is 5. The summed E-state index contributed by atoms with van der Waals surface area (Å²) in [7, 11) is 1.78. The second-order valence-corrected chi connectivity index (χ2v) is 7.05. The van der Waals surface area contributed by atoms with Gasteiger partial charge in [0.05, 0.1) is 15.7 Å². The molecule has 2 aromatic heterocycles. The van der Waals surface area contributed by atoms with Gasteiger partial charge in [-0.15, -0.1) is 5.10 Å². The fraction of sp³-hybridized carbons (Fsp3) is 0.158. The molecule has 156 valence electrons. The van der Waals surface area contributed by atoms with E-state index in [0.29, 0.717) is 28.0 Å². The van der Waals surface area contributed by atoms with E-state index in [9.17, 15) is 13.2 Å². The summed E-state index contributed by atoms with van der Waals surface area (Å²) in [6, 6.07) is 8.16. The van der Waals surface area contributed by atoms with Gasteiger partial charge in [0, 0.05) is 31.6 Å². The van der Waals surface area contributed by atoms with Gasteiger partial charge in [-0.25, -0.2) is 0 Å². The molecule has 0 atom stereocenters. The van der Waals surface area contributed by atoms with Crippen molar-refractivity contribution in [1.82, 2.24) is 25.3 Å². The number of alkyl halides is 3. The van der Waals surface area contributed by atoms with Crippen molar-refractivity contribution in [2.45, 2.75) is 12.7 Å². The summed E-state index contributed by atoms with van der Waals surface area (Å²) in [4.78, 5) is 9.93. The Balaban J connectivity index is 1.90. The van der Waals surface area contributed by atoms with Crippen LogP contribution in [0.1, 0.15) is 17.0 Å². The zero-order valence-electron chi connectivity index (χ0n) is 15.6. The maximum atomic E-state index is 13.1. The molecule has 0 aliphatic rings. The number of nitrogens with one attached hydrogen (secondary N) is 1. The summed E-state index contributed by atoms with van der Waals surface area (Å²) in [5.74, 6) is 0. The maximum absolute atomic E-state index is 13.1. The second kappa shape index (κ2) is 8.85. The highest BCUT2D eigenvalue weighted by atomic mass is 35.5. The van der Waals surface area contributed by atoms with Crippen molar-refractivity contribution in [3.63, 3.8) is 0 Å². The van der Waals surface area contributed by atoms with Gasteiger partial charge in [0.15, 0.2) is 5.69 Å². The molecule has 11 heteroatoms. The Labute approximate surface area is 180 Å². The van der Waals surface area contributed by atoms with Crippen molar-refractivity contribution < 1.29 is 13.2 Å². The van der Waals surface area contributed by atoms with E-state index in [0.717, 1.165) is 5.56 Å². The molecule has 30 heavy (non-hydrogen) atoms. The number of aromatic nitrogens is 4. The van der Waals surface area contributed by atoms with Gasteiger partial charge in [-0.05, 0) is 30.5 Å². The highest BCUT2D eigenvalue weighted by molar-refractivity contribution is 6.42. The molecule has 0 amide bonds. The van der Waals surface area contributed by atoms with Crippen molar-refractivity contribution in [2.75, 3.05) is 7.05 Å². The smallest absolute Gasteiger partial charge is 0.374 e. The Morgan fingerprint density at radius 3 is 2.77 bits per heavy atom. The molecule has 0 radical (unpaired) electrons. The third-order valence-corrected chi connectivity index (χ3v) is 4.95. The van der Waals surface area contributed by atoms with Gasteiger partial charge in [0.1, 0.15) is 11.4 Å². The van der Waals surface area contributed by atoms with Crippen LogP contribution in [0.15, 0.2) is 47.7 Å². The molecule has 0 unspecified atom stereocenters. The van der Waals surface area contributed by atoms with E-state index in [1.807, 2.05) is 11.2 Å². The van der Waals surface area contributed by atoms with Gasteiger partial charge in [-0.1, -0.05) is 40.5 Å². The molecule has 6 nitrogen and oxygen atoms in total. The zero-order chi connectivity index (χ0) is 21.9. The Hall–Kier alpha value is -2.91. The molecular weight excluding hydrogens is 440 g/mol. The van der Waals surface area contributed by atoms with E-state index < -0.39 is 11.9 Å². The summed E-state index contributed by atoms with van der Waals surface area (Å²) in [6.45, 7) is 3.95. The fourth-order valence-electron chi connectivity index (χ4n) is 2.73. The highest BCUT2D eigenvalue weighted by Crippen LogP contribution is 2.34. The average Bonchev–Trinajstić information content (AvgIpc) is 3.20. The molecular formula is C19H15Cl2F3N6. The molecule has 0 aliphatic heterocycles. The molecule has 0 aliphatic carbocycles. The third kappa shape index (κ3) is 4.80. The van der Waals surface area contributed by atoms with Gasteiger partial charge in [0.2, 0.25) is 0 Å². The molecule has 1 aromatic carbocycles. The number of hydrogen-bond donors (Lipinski definition) is 1. The number of rotatable bonds is 6. The molecule has 0 saturated heterocycles. The van der Waals surface area contributed by atoms with Crippen LogP contribution in [0.3, 0.4) is 0 Å². The van der Waals surface area contributed by atoms with E-state index in [-0.39, 0.29) is 11.3 Å². The molecule has 3 rings (SSSR count). The second-order valence-electron chi connectivity index (χ2n) is 6.26. The Bertz CT molecular complexity index is 1090. The molecule has 0 fully saturated rings. The lowest BCUT2D eigenvalue weighted by atomic mass is 10.1. The fourth-order valence-corrected chi connectivity index (χ4v) is 3.11. The summed E-state index contributed by atoms with van der Waals surface area (Å²) in [5.41, 5.74) is 0.303. The summed E-state index contributed by atoms with van der Waals surface area (Å²) >= 11 is 12.3. The Kier molecular flexibility index (Phi) is 6.42. The predicted octanol–water partition coefficient (Wildman–Crippen LogP) is 5.32. The van der Waals surface area contributed by atoms with Gasteiger partial charge in [-0.2, -0.15) is 13.2 Å². The van der Waals surface area contributed by atoms with Crippen LogP contribution in [0.4, 0.5) is 13.2 Å². The van der Waals surface area contributed by atoms with Gasteiger partial charge in [0.25, 0.3) is 0 Å². The number of aliphatic imine (C=N–C) groups is 1. The number of pyridine rings is 1. The number of halogens is 5. The van der Waals surface area contributed by atoms with Crippen LogP contribution in [0.5, 0.6) is 0 Å². The van der Waals surface area contributed by atoms with E-state index >= 15 is 0 Å². The molecule has 0 spiro atoms. The van der Waals surface area contributed by atoms with Crippen LogP contribution >= 0.6 is 23.2 Å². The van der Waals surface area contributed by atoms with Crippen molar-refractivity contribution in [1.29, 1.82) is 0 Å². The van der Waals surface area contributed by atoms with Crippen molar-refractivity contribution >= 4 is 35.6 Å². The van der Waals surface area contributed by atoms with Gasteiger partial charge < -0.3 is 4.90 Å². The standard InChI is InChI=1S/C19H15Cl2F3N6/c1-25-15(10-30(2)9-12-4-3-5-13(20)16(12)21)14-8-11(6-7-26-14)17-18(19(22,23)24)28-29-27-17/h3-8,10H,1,9H2,2H3,(H,27,28,29)/b15-10-. The molecule has 3 aromatic rings. The molecule has 0 bridgehead atoms. The lowest BCUT2D eigenvalue weighted by molar-refractivity contribution is -0.140. The lowest BCUT2D eigenvalue weighted by Crippen LogP contribution is -2.11. The first kappa shape index (κ1) is 21.8. The summed E-state index contributed by atoms with van der Waals surface area (Å²) in [6.07, 6.45) is -1.59. The zero-order valence-corrected chi connectivity index (χ0v) is 17.1. The number of nitrogens with zero attached hydrogens (tertiary/aromatic N) is 5. The van der Waals surface area contributed by atoms with E-state index in [1.165, 1.54) is 18.3 Å². The van der Waals surface area contributed by atoms with Crippen LogP contribution in [0.25, 0.3) is 17.0 Å². The van der Waals surface area contributed by atoms with Gasteiger partial charge >= 0.3 is 6.18 Å². The van der Waals surface area contributed by atoms with Crippen LogP contribution < -0.4 is 0 Å². The first-order chi connectivity index (χ1) is 14.2. The van der Waals surface area contributed by atoms with Gasteiger partial charge in [-0.3, -0.25) is 15.1 Å². The van der Waals surface area contributed by atoms with E-state index in [1.54, 1.807) is 30.3 Å².